The van der Waals surface area contributed by atoms with Gasteiger partial charge in [0.2, 0.25) is 0 Å². The van der Waals surface area contributed by atoms with Crippen LogP contribution < -0.4 is 10.6 Å². The number of alkyl halides is 3. The predicted molar refractivity (Wildman–Crippen MR) is 49.8 cm³/mol. The Labute approximate surface area is 99.5 Å². The summed E-state index contributed by atoms with van der Waals surface area (Å²) in [6, 6.07) is -2.92. The summed E-state index contributed by atoms with van der Waals surface area (Å²) in [6.07, 6.45) is -9.12. The van der Waals surface area contributed by atoms with Crippen molar-refractivity contribution in [2.75, 3.05) is 6.61 Å². The van der Waals surface area contributed by atoms with Gasteiger partial charge >= 0.3 is 12.3 Å². The van der Waals surface area contributed by atoms with Crippen molar-refractivity contribution >= 4 is 6.03 Å². The van der Waals surface area contributed by atoms with Crippen molar-refractivity contribution in [3.05, 3.63) is 6.61 Å². The molecule has 0 aromatic heterocycles. The molecule has 7 nitrogen and oxygen atoms in total. The third kappa shape index (κ3) is 3.98. The number of aliphatic hydroxyl groups excluding tert-OH is 3. The first kappa shape index (κ1) is 15.0. The quantitative estimate of drug-likeness (QED) is 0.391. The number of carbonyl (C=O) groups excluding carboxylic acids is 1. The van der Waals surface area contributed by atoms with E-state index in [0.29, 0.717) is 5.32 Å². The van der Waals surface area contributed by atoms with E-state index in [0.717, 1.165) is 6.61 Å². The van der Waals surface area contributed by atoms with E-state index in [4.69, 9.17) is 9.84 Å². The van der Waals surface area contributed by atoms with Crippen LogP contribution in [0.4, 0.5) is 18.0 Å². The van der Waals surface area contributed by atoms with E-state index >= 15 is 0 Å². The Hall–Kier alpha value is -1.10. The van der Waals surface area contributed by atoms with Gasteiger partial charge in [-0.15, -0.1) is 0 Å². The van der Waals surface area contributed by atoms with Gasteiger partial charge in [-0.2, -0.15) is 13.2 Å². The first-order valence-corrected chi connectivity index (χ1v) is 4.86. The molecule has 0 aromatic carbocycles. The van der Waals surface area contributed by atoms with Crippen molar-refractivity contribution in [3.8, 4) is 0 Å². The molecule has 0 bridgehead atoms. The topological polar surface area (TPSA) is 111 Å². The molecule has 105 valence electrons. The highest BCUT2D eigenvalue weighted by Gasteiger charge is 2.40. The van der Waals surface area contributed by atoms with Crippen LogP contribution in [0.2, 0.25) is 0 Å². The zero-order chi connectivity index (χ0) is 13.9. The minimum absolute atomic E-state index is 0.587. The van der Waals surface area contributed by atoms with E-state index in [2.05, 4.69) is 0 Å². The molecule has 1 rings (SSSR count). The Balaban J connectivity index is 2.51. The second kappa shape index (κ2) is 5.69. The minimum Gasteiger partial charge on any atom is -0.394 e. The Bertz CT molecular complexity index is 301. The van der Waals surface area contributed by atoms with Gasteiger partial charge in [0, 0.05) is 0 Å². The second-order valence-electron chi connectivity index (χ2n) is 3.60. The van der Waals surface area contributed by atoms with Gasteiger partial charge in [-0.05, 0) is 0 Å². The number of rotatable bonds is 2. The molecule has 2 amide bonds. The molecule has 0 unspecified atom stereocenters. The molecule has 1 aliphatic heterocycles. The molecular weight excluding hydrogens is 261 g/mol. The number of hydrogen-bond acceptors (Lipinski definition) is 5. The van der Waals surface area contributed by atoms with Crippen LogP contribution in [-0.2, 0) is 4.74 Å². The van der Waals surface area contributed by atoms with Crippen LogP contribution in [0.15, 0.2) is 0 Å². The van der Waals surface area contributed by atoms with Gasteiger partial charge in [-0.3, -0.25) is 0 Å². The van der Waals surface area contributed by atoms with Crippen LogP contribution in [0.1, 0.15) is 0 Å². The van der Waals surface area contributed by atoms with E-state index in [1.807, 2.05) is 0 Å². The second-order valence-corrected chi connectivity index (χ2v) is 3.60. The van der Waals surface area contributed by atoms with Crippen molar-refractivity contribution in [1.29, 1.82) is 0 Å². The van der Waals surface area contributed by atoms with Crippen LogP contribution >= 0.6 is 0 Å². The normalized spacial score (nSPS) is 33.0. The van der Waals surface area contributed by atoms with Gasteiger partial charge in [-0.25, -0.2) is 10.1 Å². The van der Waals surface area contributed by atoms with Crippen molar-refractivity contribution in [1.82, 2.24) is 10.6 Å². The van der Waals surface area contributed by atoms with Crippen LogP contribution in [0.25, 0.3) is 0 Å². The summed E-state index contributed by atoms with van der Waals surface area (Å²) in [6.45, 7) is 0.254. The minimum atomic E-state index is -4.91. The van der Waals surface area contributed by atoms with Gasteiger partial charge in [0.05, 0.1) is 12.6 Å². The maximum absolute atomic E-state index is 11.8. The fourth-order valence-electron chi connectivity index (χ4n) is 1.37. The molecule has 10 heteroatoms. The van der Waals surface area contributed by atoms with Gasteiger partial charge < -0.3 is 25.4 Å². The highest BCUT2D eigenvalue weighted by molar-refractivity contribution is 5.74. The molecular formula is C8H12F3N2O5. The van der Waals surface area contributed by atoms with E-state index in [-0.39, 0.29) is 0 Å². The van der Waals surface area contributed by atoms with Gasteiger partial charge in [-0.1, -0.05) is 0 Å². The first-order valence-electron chi connectivity index (χ1n) is 4.86. The lowest BCUT2D eigenvalue weighted by molar-refractivity contribution is -0.148. The third-order valence-corrected chi connectivity index (χ3v) is 2.23. The third-order valence-electron chi connectivity index (χ3n) is 2.23. The first-order chi connectivity index (χ1) is 8.24. The smallest absolute Gasteiger partial charge is 0.394 e. The number of nitrogens with one attached hydrogen (secondary N) is 2. The number of ether oxygens (including phenoxy) is 1. The summed E-state index contributed by atoms with van der Waals surface area (Å²) in [5.41, 5.74) is 0. The SMILES string of the molecule is O=C(N[C@H]1[CH]O[C@H](CO)[C@@H](O)[C@@H]1O)NC(F)(F)F. The van der Waals surface area contributed by atoms with Crippen molar-refractivity contribution in [2.24, 2.45) is 0 Å². The predicted octanol–water partition coefficient (Wildman–Crippen LogP) is -1.55. The van der Waals surface area contributed by atoms with E-state index in [1.165, 1.54) is 0 Å². The summed E-state index contributed by atoms with van der Waals surface area (Å²) in [4.78, 5) is 10.9. The van der Waals surface area contributed by atoms with E-state index < -0.39 is 43.3 Å². The number of amides is 2. The number of halogens is 3. The molecule has 1 radical (unpaired) electrons. The Morgan fingerprint density at radius 1 is 1.33 bits per heavy atom. The summed E-state index contributed by atoms with van der Waals surface area (Å²) >= 11 is 0. The summed E-state index contributed by atoms with van der Waals surface area (Å²) in [7, 11) is 0. The maximum atomic E-state index is 11.8. The van der Waals surface area contributed by atoms with Crippen LogP contribution in [-0.4, -0.2) is 58.6 Å². The van der Waals surface area contributed by atoms with Gasteiger partial charge in [0.15, 0.2) is 0 Å². The molecule has 0 saturated carbocycles. The average molecular weight is 273 g/mol. The van der Waals surface area contributed by atoms with E-state index in [9.17, 15) is 28.2 Å². The molecule has 1 aliphatic rings. The van der Waals surface area contributed by atoms with E-state index in [1.54, 1.807) is 5.32 Å². The van der Waals surface area contributed by atoms with Gasteiger partial charge in [0.1, 0.15) is 24.9 Å². The highest BCUT2D eigenvalue weighted by Crippen LogP contribution is 2.18. The zero-order valence-electron chi connectivity index (χ0n) is 8.89. The molecule has 0 aromatic rings. The summed E-state index contributed by atoms with van der Waals surface area (Å²) < 4.78 is 40.1. The number of urea groups is 1. The molecule has 5 N–H and O–H groups in total. The van der Waals surface area contributed by atoms with Crippen molar-refractivity contribution < 1.29 is 38.0 Å². The maximum Gasteiger partial charge on any atom is 0.485 e. The lowest BCUT2D eigenvalue weighted by atomic mass is 9.98. The van der Waals surface area contributed by atoms with Crippen LogP contribution in [0.5, 0.6) is 0 Å². The largest absolute Gasteiger partial charge is 0.485 e. The molecule has 0 spiro atoms. The molecule has 1 heterocycles. The molecule has 0 aliphatic carbocycles. The Morgan fingerprint density at radius 2 is 1.94 bits per heavy atom. The molecule has 1 fully saturated rings. The zero-order valence-corrected chi connectivity index (χ0v) is 8.89. The summed E-state index contributed by atoms with van der Waals surface area (Å²) in [5.74, 6) is 0. The van der Waals surface area contributed by atoms with Crippen LogP contribution in [0, 0.1) is 6.61 Å². The highest BCUT2D eigenvalue weighted by atomic mass is 19.4. The average Bonchev–Trinajstić information content (AvgIpc) is 2.22. The fraction of sp³-hybridized carbons (Fsp3) is 0.750. The summed E-state index contributed by atoms with van der Waals surface area (Å²) in [5, 5.41) is 30.0. The molecule has 18 heavy (non-hydrogen) atoms. The number of aliphatic hydroxyl groups is 3. The van der Waals surface area contributed by atoms with Crippen molar-refractivity contribution in [2.45, 2.75) is 30.7 Å². The Kier molecular flexibility index (Phi) is 4.73. The lowest BCUT2D eigenvalue weighted by Gasteiger charge is -2.36. The number of carbonyl (C=O) groups is 1. The van der Waals surface area contributed by atoms with Gasteiger partial charge in [0.25, 0.3) is 0 Å². The standard InChI is InChI=1S/C8H12F3N2O5/c9-8(10,11)13-7(17)12-3-2-18-4(1-14)6(16)5(3)15/h2-6,14-16H,1H2,(H2,12,13,17)/t3-,4+,5+,6+/m0/s1. The molecule has 4 atom stereocenters. The van der Waals surface area contributed by atoms with Crippen molar-refractivity contribution in [3.63, 3.8) is 0 Å². The number of hydrogen-bond donors (Lipinski definition) is 5. The Morgan fingerprint density at radius 3 is 2.44 bits per heavy atom. The van der Waals surface area contributed by atoms with Crippen LogP contribution in [0.3, 0.4) is 0 Å². The molecule has 1 saturated heterocycles. The lowest BCUT2D eigenvalue weighted by Crippen LogP contribution is -2.60. The fourth-order valence-corrected chi connectivity index (χ4v) is 1.37. The monoisotopic (exact) mass is 273 g/mol.